The van der Waals surface area contributed by atoms with Crippen LogP contribution in [0.25, 0.3) is 0 Å². The molecule has 5 heteroatoms. The van der Waals surface area contributed by atoms with Gasteiger partial charge >= 0.3 is 0 Å². The van der Waals surface area contributed by atoms with Crippen LogP contribution in [0.2, 0.25) is 0 Å². The van der Waals surface area contributed by atoms with Crippen LogP contribution in [0.3, 0.4) is 0 Å². The van der Waals surface area contributed by atoms with Crippen molar-refractivity contribution in [3.63, 3.8) is 0 Å². The molecule has 0 fully saturated rings. The fourth-order valence-electron chi connectivity index (χ4n) is 1.26. The number of para-hydroxylation sites is 1. The zero-order chi connectivity index (χ0) is 11.8. The van der Waals surface area contributed by atoms with Gasteiger partial charge in [-0.15, -0.1) is 0 Å². The molecule has 4 nitrogen and oxygen atoms in total. The van der Waals surface area contributed by atoms with E-state index in [0.29, 0.717) is 18.2 Å². The molecule has 0 radical (unpaired) electrons. The maximum atomic E-state index is 8.61. The minimum Gasteiger partial charge on any atom is -0.496 e. The monoisotopic (exact) mass is 240 g/mol. The van der Waals surface area contributed by atoms with E-state index < -0.39 is 0 Å². The van der Waals surface area contributed by atoms with Gasteiger partial charge in [-0.05, 0) is 18.3 Å². The van der Waals surface area contributed by atoms with Crippen LogP contribution in [0.5, 0.6) is 5.75 Å². The standard InChI is InChI=1S/C11H16N2O2S/c1-15-10-5-3-2-4-9(10)8-13-11(16)12-6-7-14/h2-5,14H,6-8H2,1H3,(H2,12,13,16). The summed E-state index contributed by atoms with van der Waals surface area (Å²) in [6, 6.07) is 7.75. The number of thiocarbonyl (C=S) groups is 1. The van der Waals surface area contributed by atoms with E-state index in [1.807, 2.05) is 24.3 Å². The molecule has 1 aromatic carbocycles. The van der Waals surface area contributed by atoms with Gasteiger partial charge < -0.3 is 20.5 Å². The lowest BCUT2D eigenvalue weighted by atomic mass is 10.2. The molecule has 1 aromatic rings. The largest absolute Gasteiger partial charge is 0.496 e. The highest BCUT2D eigenvalue weighted by molar-refractivity contribution is 7.80. The quantitative estimate of drug-likeness (QED) is 0.660. The highest BCUT2D eigenvalue weighted by Crippen LogP contribution is 2.16. The van der Waals surface area contributed by atoms with Crippen LogP contribution in [-0.4, -0.2) is 30.5 Å². The van der Waals surface area contributed by atoms with Crippen LogP contribution < -0.4 is 15.4 Å². The van der Waals surface area contributed by atoms with E-state index in [4.69, 9.17) is 22.1 Å². The maximum Gasteiger partial charge on any atom is 0.166 e. The average molecular weight is 240 g/mol. The molecule has 0 saturated carbocycles. The van der Waals surface area contributed by atoms with Gasteiger partial charge in [-0.25, -0.2) is 0 Å². The van der Waals surface area contributed by atoms with Crippen molar-refractivity contribution >= 4 is 17.3 Å². The molecule has 1 rings (SSSR count). The van der Waals surface area contributed by atoms with Gasteiger partial charge in [0.2, 0.25) is 0 Å². The zero-order valence-electron chi connectivity index (χ0n) is 9.19. The third-order valence-corrected chi connectivity index (χ3v) is 2.32. The van der Waals surface area contributed by atoms with Crippen molar-refractivity contribution in [2.45, 2.75) is 6.54 Å². The van der Waals surface area contributed by atoms with Crippen molar-refractivity contribution in [1.82, 2.24) is 10.6 Å². The second kappa shape index (κ2) is 7.03. The fourth-order valence-corrected chi connectivity index (χ4v) is 1.43. The Morgan fingerprint density at radius 2 is 2.12 bits per heavy atom. The highest BCUT2D eigenvalue weighted by Gasteiger charge is 2.01. The lowest BCUT2D eigenvalue weighted by Crippen LogP contribution is -2.36. The minimum atomic E-state index is 0.0660. The number of ether oxygens (including phenoxy) is 1. The second-order valence-electron chi connectivity index (χ2n) is 3.14. The Bertz CT molecular complexity index is 345. The summed E-state index contributed by atoms with van der Waals surface area (Å²) >= 11 is 5.02. The minimum absolute atomic E-state index is 0.0660. The van der Waals surface area contributed by atoms with Crippen molar-refractivity contribution in [3.05, 3.63) is 29.8 Å². The van der Waals surface area contributed by atoms with Crippen molar-refractivity contribution < 1.29 is 9.84 Å². The smallest absolute Gasteiger partial charge is 0.166 e. The van der Waals surface area contributed by atoms with E-state index in [2.05, 4.69) is 10.6 Å². The zero-order valence-corrected chi connectivity index (χ0v) is 10.0. The Morgan fingerprint density at radius 1 is 1.38 bits per heavy atom. The summed E-state index contributed by atoms with van der Waals surface area (Å²) in [4.78, 5) is 0. The second-order valence-corrected chi connectivity index (χ2v) is 3.55. The van der Waals surface area contributed by atoms with Crippen LogP contribution in [0.1, 0.15) is 5.56 Å². The summed E-state index contributed by atoms with van der Waals surface area (Å²) in [6.45, 7) is 1.12. The molecule has 0 bridgehead atoms. The van der Waals surface area contributed by atoms with Crippen molar-refractivity contribution in [3.8, 4) is 5.75 Å². The highest BCUT2D eigenvalue weighted by atomic mass is 32.1. The van der Waals surface area contributed by atoms with E-state index in [-0.39, 0.29) is 6.61 Å². The third kappa shape index (κ3) is 4.04. The van der Waals surface area contributed by atoms with Gasteiger partial charge in [0, 0.05) is 18.7 Å². The maximum absolute atomic E-state index is 8.61. The van der Waals surface area contributed by atoms with E-state index >= 15 is 0 Å². The number of hydrogen-bond acceptors (Lipinski definition) is 3. The number of benzene rings is 1. The first-order valence-corrected chi connectivity index (χ1v) is 5.43. The lowest BCUT2D eigenvalue weighted by molar-refractivity contribution is 0.300. The predicted molar refractivity (Wildman–Crippen MR) is 67.5 cm³/mol. The SMILES string of the molecule is COc1ccccc1CNC(=S)NCCO. The third-order valence-electron chi connectivity index (χ3n) is 2.03. The first-order valence-electron chi connectivity index (χ1n) is 5.02. The Kier molecular flexibility index (Phi) is 5.60. The summed E-state index contributed by atoms with van der Waals surface area (Å²) in [5.41, 5.74) is 1.04. The van der Waals surface area contributed by atoms with Gasteiger partial charge in [0.15, 0.2) is 5.11 Å². The molecule has 3 N–H and O–H groups in total. The first kappa shape index (κ1) is 12.7. The molecule has 0 heterocycles. The number of nitrogens with one attached hydrogen (secondary N) is 2. The molecule has 0 saturated heterocycles. The summed E-state index contributed by atoms with van der Waals surface area (Å²) in [5.74, 6) is 0.833. The summed E-state index contributed by atoms with van der Waals surface area (Å²) in [5, 5.41) is 15.0. The van der Waals surface area contributed by atoms with Crippen LogP contribution in [0, 0.1) is 0 Å². The fraction of sp³-hybridized carbons (Fsp3) is 0.364. The molecule has 0 aromatic heterocycles. The number of aliphatic hydroxyl groups excluding tert-OH is 1. The molecule has 0 atom stereocenters. The van der Waals surface area contributed by atoms with Crippen LogP contribution in [-0.2, 0) is 6.54 Å². The summed E-state index contributed by atoms with van der Waals surface area (Å²) in [6.07, 6.45) is 0. The molecule has 0 aliphatic carbocycles. The summed E-state index contributed by atoms with van der Waals surface area (Å²) < 4.78 is 5.22. The first-order chi connectivity index (χ1) is 7.77. The summed E-state index contributed by atoms with van der Waals surface area (Å²) in [7, 11) is 1.64. The molecule has 0 aliphatic rings. The topological polar surface area (TPSA) is 53.5 Å². The molecule has 0 spiro atoms. The van der Waals surface area contributed by atoms with Crippen molar-refractivity contribution in [2.24, 2.45) is 0 Å². The Morgan fingerprint density at radius 3 is 2.81 bits per heavy atom. The van der Waals surface area contributed by atoms with Crippen molar-refractivity contribution in [2.75, 3.05) is 20.3 Å². The number of rotatable bonds is 5. The average Bonchev–Trinajstić information content (AvgIpc) is 2.34. The van der Waals surface area contributed by atoms with Gasteiger partial charge in [-0.1, -0.05) is 18.2 Å². The Hall–Kier alpha value is -1.33. The Balaban J connectivity index is 2.44. The van der Waals surface area contributed by atoms with E-state index in [1.54, 1.807) is 7.11 Å². The van der Waals surface area contributed by atoms with Gasteiger partial charge in [0.25, 0.3) is 0 Å². The van der Waals surface area contributed by atoms with Crippen LogP contribution in [0.4, 0.5) is 0 Å². The number of aliphatic hydroxyl groups is 1. The van der Waals surface area contributed by atoms with E-state index in [1.165, 1.54) is 0 Å². The molecule has 88 valence electrons. The molecule has 0 amide bonds. The van der Waals surface area contributed by atoms with Gasteiger partial charge in [-0.3, -0.25) is 0 Å². The molecular formula is C11H16N2O2S. The van der Waals surface area contributed by atoms with E-state index in [0.717, 1.165) is 11.3 Å². The Labute approximate surface area is 101 Å². The van der Waals surface area contributed by atoms with Gasteiger partial charge in [0.05, 0.1) is 13.7 Å². The van der Waals surface area contributed by atoms with Gasteiger partial charge in [-0.2, -0.15) is 0 Å². The van der Waals surface area contributed by atoms with Crippen LogP contribution in [0.15, 0.2) is 24.3 Å². The van der Waals surface area contributed by atoms with Gasteiger partial charge in [0.1, 0.15) is 5.75 Å². The molecular weight excluding hydrogens is 224 g/mol. The lowest BCUT2D eigenvalue weighted by Gasteiger charge is -2.11. The van der Waals surface area contributed by atoms with E-state index in [9.17, 15) is 0 Å². The molecule has 0 unspecified atom stereocenters. The normalized spacial score (nSPS) is 9.62. The molecule has 16 heavy (non-hydrogen) atoms. The predicted octanol–water partition coefficient (Wildman–Crippen LogP) is 0.652. The van der Waals surface area contributed by atoms with Crippen LogP contribution >= 0.6 is 12.2 Å². The molecule has 0 aliphatic heterocycles. The number of methoxy groups -OCH3 is 1. The van der Waals surface area contributed by atoms with Crippen molar-refractivity contribution in [1.29, 1.82) is 0 Å². The number of hydrogen-bond donors (Lipinski definition) is 3.